The van der Waals surface area contributed by atoms with Crippen molar-refractivity contribution in [1.29, 1.82) is 0 Å². The molecular weight excluding hydrogens is 254 g/mol. The number of benzene rings is 1. The molecule has 0 aliphatic carbocycles. The van der Waals surface area contributed by atoms with Crippen LogP contribution in [-0.2, 0) is 18.3 Å². The Balaban J connectivity index is 2.24. The Hall–Kier alpha value is -1.98. The van der Waals surface area contributed by atoms with Gasteiger partial charge in [0, 0.05) is 38.4 Å². The lowest BCUT2D eigenvalue weighted by molar-refractivity contribution is 0.199. The molecule has 0 amide bonds. The van der Waals surface area contributed by atoms with Gasteiger partial charge in [0.05, 0.1) is 12.3 Å². The lowest BCUT2D eigenvalue weighted by atomic mass is 10.1. The van der Waals surface area contributed by atoms with Gasteiger partial charge in [-0.1, -0.05) is 30.3 Å². The van der Waals surface area contributed by atoms with Crippen LogP contribution in [-0.4, -0.2) is 30.0 Å². The summed E-state index contributed by atoms with van der Waals surface area (Å²) in [4.78, 5) is 12.0. The van der Waals surface area contributed by atoms with Gasteiger partial charge < -0.3 is 10.1 Å². The molecule has 0 aliphatic rings. The quantitative estimate of drug-likeness (QED) is 0.803. The minimum atomic E-state index is -0.0744. The van der Waals surface area contributed by atoms with E-state index in [9.17, 15) is 4.79 Å². The largest absolute Gasteiger partial charge is 0.383 e. The van der Waals surface area contributed by atoms with Crippen LogP contribution in [0.1, 0.15) is 5.56 Å². The zero-order valence-electron chi connectivity index (χ0n) is 11.8. The molecule has 0 fully saturated rings. The van der Waals surface area contributed by atoms with E-state index in [-0.39, 0.29) is 5.56 Å². The van der Waals surface area contributed by atoms with Crippen molar-refractivity contribution in [2.75, 3.05) is 20.3 Å². The van der Waals surface area contributed by atoms with Crippen molar-refractivity contribution in [1.82, 2.24) is 15.1 Å². The summed E-state index contributed by atoms with van der Waals surface area (Å²) in [6.45, 7) is 1.85. The highest BCUT2D eigenvalue weighted by atomic mass is 16.5. The highest BCUT2D eigenvalue weighted by Gasteiger charge is 2.07. The average molecular weight is 273 g/mol. The third-order valence-corrected chi connectivity index (χ3v) is 3.01. The van der Waals surface area contributed by atoms with E-state index in [1.165, 1.54) is 4.68 Å². The van der Waals surface area contributed by atoms with Gasteiger partial charge in [0.1, 0.15) is 0 Å². The van der Waals surface area contributed by atoms with E-state index >= 15 is 0 Å². The van der Waals surface area contributed by atoms with E-state index in [4.69, 9.17) is 4.74 Å². The molecule has 0 aliphatic heterocycles. The molecule has 5 nitrogen and oxygen atoms in total. The lowest BCUT2D eigenvalue weighted by Crippen LogP contribution is -2.28. The lowest BCUT2D eigenvalue weighted by Gasteiger charge is -2.08. The predicted molar refractivity (Wildman–Crippen MR) is 78.5 cm³/mol. The maximum atomic E-state index is 12.0. The first-order valence-electron chi connectivity index (χ1n) is 6.54. The second kappa shape index (κ2) is 6.98. The van der Waals surface area contributed by atoms with Gasteiger partial charge in [0.2, 0.25) is 0 Å². The number of ether oxygens (including phenoxy) is 1. The summed E-state index contributed by atoms with van der Waals surface area (Å²) in [6.07, 6.45) is 0. The van der Waals surface area contributed by atoms with E-state index in [0.29, 0.717) is 25.3 Å². The van der Waals surface area contributed by atoms with Crippen LogP contribution in [0.5, 0.6) is 0 Å². The number of aromatic nitrogens is 2. The molecule has 0 radical (unpaired) electrons. The van der Waals surface area contributed by atoms with Crippen molar-refractivity contribution < 1.29 is 4.74 Å². The Bertz CT molecular complexity index is 608. The molecule has 0 bridgehead atoms. The molecule has 2 aromatic rings. The third-order valence-electron chi connectivity index (χ3n) is 3.01. The summed E-state index contributed by atoms with van der Waals surface area (Å²) in [5.41, 5.74) is 2.43. The SMILES string of the molecule is COCCNCc1cc(-c2ccccc2)nn(C)c1=O. The van der Waals surface area contributed by atoms with Gasteiger partial charge in [-0.2, -0.15) is 5.10 Å². The summed E-state index contributed by atoms with van der Waals surface area (Å²) in [5.74, 6) is 0. The molecule has 1 heterocycles. The molecule has 0 atom stereocenters. The molecule has 106 valence electrons. The van der Waals surface area contributed by atoms with Crippen LogP contribution in [0.15, 0.2) is 41.2 Å². The molecule has 0 spiro atoms. The summed E-state index contributed by atoms with van der Waals surface area (Å²) in [7, 11) is 3.33. The topological polar surface area (TPSA) is 56.1 Å². The van der Waals surface area contributed by atoms with Crippen LogP contribution < -0.4 is 10.9 Å². The van der Waals surface area contributed by atoms with E-state index in [2.05, 4.69) is 10.4 Å². The minimum absolute atomic E-state index is 0.0744. The van der Waals surface area contributed by atoms with E-state index in [1.54, 1.807) is 14.2 Å². The normalized spacial score (nSPS) is 10.7. The first kappa shape index (κ1) is 14.4. The molecule has 1 aromatic carbocycles. The first-order chi connectivity index (χ1) is 9.72. The summed E-state index contributed by atoms with van der Waals surface area (Å²) in [5, 5.41) is 7.48. The van der Waals surface area contributed by atoms with Crippen LogP contribution in [0.3, 0.4) is 0 Å². The van der Waals surface area contributed by atoms with E-state index < -0.39 is 0 Å². The number of methoxy groups -OCH3 is 1. The van der Waals surface area contributed by atoms with Gasteiger partial charge in [-0.25, -0.2) is 4.68 Å². The predicted octanol–water partition coefficient (Wildman–Crippen LogP) is 1.18. The van der Waals surface area contributed by atoms with Crippen LogP contribution in [0, 0.1) is 0 Å². The molecule has 2 rings (SSSR count). The van der Waals surface area contributed by atoms with Crippen LogP contribution in [0.25, 0.3) is 11.3 Å². The Morgan fingerprint density at radius 1 is 1.30 bits per heavy atom. The van der Waals surface area contributed by atoms with Crippen molar-refractivity contribution in [3.63, 3.8) is 0 Å². The highest BCUT2D eigenvalue weighted by Crippen LogP contribution is 2.15. The van der Waals surface area contributed by atoms with Crippen LogP contribution in [0.4, 0.5) is 0 Å². The standard InChI is InChI=1S/C15H19N3O2/c1-18-15(19)13(11-16-8-9-20-2)10-14(17-18)12-6-4-3-5-7-12/h3-7,10,16H,8-9,11H2,1-2H3. The van der Waals surface area contributed by atoms with Gasteiger partial charge >= 0.3 is 0 Å². The second-order valence-corrected chi connectivity index (χ2v) is 4.52. The third kappa shape index (κ3) is 3.53. The second-order valence-electron chi connectivity index (χ2n) is 4.52. The smallest absolute Gasteiger partial charge is 0.271 e. The molecule has 1 N–H and O–H groups in total. The van der Waals surface area contributed by atoms with E-state index in [0.717, 1.165) is 11.3 Å². The number of nitrogens with zero attached hydrogens (tertiary/aromatic N) is 2. The fourth-order valence-electron chi connectivity index (χ4n) is 1.94. The van der Waals surface area contributed by atoms with Crippen molar-refractivity contribution >= 4 is 0 Å². The maximum Gasteiger partial charge on any atom is 0.271 e. The minimum Gasteiger partial charge on any atom is -0.383 e. The van der Waals surface area contributed by atoms with E-state index in [1.807, 2.05) is 36.4 Å². The molecule has 0 unspecified atom stereocenters. The van der Waals surface area contributed by atoms with Gasteiger partial charge in [-0.05, 0) is 6.07 Å². The fraction of sp³-hybridized carbons (Fsp3) is 0.333. The van der Waals surface area contributed by atoms with Crippen LogP contribution >= 0.6 is 0 Å². The Kier molecular flexibility index (Phi) is 5.03. The summed E-state index contributed by atoms with van der Waals surface area (Å²) >= 11 is 0. The zero-order valence-corrected chi connectivity index (χ0v) is 11.8. The number of hydrogen-bond acceptors (Lipinski definition) is 4. The molecule has 0 saturated carbocycles. The number of hydrogen-bond donors (Lipinski definition) is 1. The molecule has 5 heteroatoms. The van der Waals surface area contributed by atoms with Crippen molar-refractivity contribution in [3.8, 4) is 11.3 Å². The monoisotopic (exact) mass is 273 g/mol. The zero-order chi connectivity index (χ0) is 14.4. The van der Waals surface area contributed by atoms with Gasteiger partial charge in [-0.15, -0.1) is 0 Å². The van der Waals surface area contributed by atoms with Gasteiger partial charge in [0.15, 0.2) is 0 Å². The molecule has 20 heavy (non-hydrogen) atoms. The van der Waals surface area contributed by atoms with Gasteiger partial charge in [-0.3, -0.25) is 4.79 Å². The Labute approximate surface area is 118 Å². The van der Waals surface area contributed by atoms with Gasteiger partial charge in [0.25, 0.3) is 5.56 Å². The Morgan fingerprint density at radius 2 is 2.05 bits per heavy atom. The van der Waals surface area contributed by atoms with Crippen molar-refractivity contribution in [2.24, 2.45) is 7.05 Å². The molecule has 0 saturated heterocycles. The number of nitrogens with one attached hydrogen (secondary N) is 1. The number of rotatable bonds is 6. The van der Waals surface area contributed by atoms with Crippen molar-refractivity contribution in [2.45, 2.75) is 6.54 Å². The Morgan fingerprint density at radius 3 is 2.75 bits per heavy atom. The van der Waals surface area contributed by atoms with Crippen molar-refractivity contribution in [3.05, 3.63) is 52.3 Å². The maximum absolute atomic E-state index is 12.0. The fourth-order valence-corrected chi connectivity index (χ4v) is 1.94. The number of aryl methyl sites for hydroxylation is 1. The summed E-state index contributed by atoms with van der Waals surface area (Å²) < 4.78 is 6.35. The molecular formula is C15H19N3O2. The highest BCUT2D eigenvalue weighted by molar-refractivity contribution is 5.58. The molecule has 1 aromatic heterocycles. The first-order valence-corrected chi connectivity index (χ1v) is 6.54. The average Bonchev–Trinajstić information content (AvgIpc) is 2.48. The summed E-state index contributed by atoms with van der Waals surface area (Å²) in [6, 6.07) is 11.7. The van der Waals surface area contributed by atoms with Crippen LogP contribution in [0.2, 0.25) is 0 Å².